The molecule has 1 rings (SSSR count). The molecule has 0 fully saturated rings. The summed E-state index contributed by atoms with van der Waals surface area (Å²) in [5.74, 6) is 0.836. The average molecular weight is 293 g/mol. The maximum Gasteiger partial charge on any atom is 0.240 e. The van der Waals surface area contributed by atoms with Crippen LogP contribution >= 0.6 is 11.8 Å². The average Bonchev–Trinajstić information content (AvgIpc) is 2.33. The van der Waals surface area contributed by atoms with Crippen molar-refractivity contribution in [3.63, 3.8) is 0 Å². The summed E-state index contributed by atoms with van der Waals surface area (Å²) in [5, 5.41) is 8.57. The molecule has 2 N–H and O–H groups in total. The van der Waals surface area contributed by atoms with Crippen molar-refractivity contribution >= 4 is 21.8 Å². The second-order valence-corrected chi connectivity index (χ2v) is 6.54. The number of aliphatic hydroxyl groups excluding tert-OH is 1. The van der Waals surface area contributed by atoms with Gasteiger partial charge in [-0.25, -0.2) is 17.5 Å². The van der Waals surface area contributed by atoms with Gasteiger partial charge < -0.3 is 5.11 Å². The molecule has 1 aromatic rings. The third-order valence-corrected chi connectivity index (χ3v) is 4.62. The Morgan fingerprint density at radius 1 is 1.33 bits per heavy atom. The molecular weight excluding hydrogens is 277 g/mol. The van der Waals surface area contributed by atoms with Crippen LogP contribution in [0.15, 0.2) is 29.2 Å². The lowest BCUT2D eigenvalue weighted by atomic mass is 10.4. The number of benzene rings is 1. The number of sulfonamides is 1. The molecular formula is C11H16FNO3S2. The lowest BCUT2D eigenvalue weighted by Gasteiger charge is -2.06. The maximum absolute atomic E-state index is 12.9. The topological polar surface area (TPSA) is 66.4 Å². The predicted octanol–water partition coefficient (Wildman–Crippen LogP) is 1.22. The molecule has 0 saturated heterocycles. The monoisotopic (exact) mass is 293 g/mol. The Morgan fingerprint density at radius 2 is 2.11 bits per heavy atom. The lowest BCUT2D eigenvalue weighted by Crippen LogP contribution is -2.26. The van der Waals surface area contributed by atoms with Gasteiger partial charge in [0.2, 0.25) is 10.0 Å². The zero-order valence-corrected chi connectivity index (χ0v) is 11.4. The molecule has 0 bridgehead atoms. The van der Waals surface area contributed by atoms with Gasteiger partial charge >= 0.3 is 0 Å². The first-order valence-corrected chi connectivity index (χ1v) is 8.14. The van der Waals surface area contributed by atoms with Gasteiger partial charge in [-0.2, -0.15) is 11.8 Å². The van der Waals surface area contributed by atoms with Gasteiger partial charge in [-0.05, 0) is 30.4 Å². The normalized spacial score (nSPS) is 11.7. The SMILES string of the molecule is O=S(=O)(NCCSCCCO)c1cccc(F)c1. The van der Waals surface area contributed by atoms with Crippen LogP contribution in [0.1, 0.15) is 6.42 Å². The molecule has 0 unspecified atom stereocenters. The van der Waals surface area contributed by atoms with Crippen molar-refractivity contribution in [1.29, 1.82) is 0 Å². The number of hydrogen-bond donors (Lipinski definition) is 2. The molecule has 102 valence electrons. The van der Waals surface area contributed by atoms with E-state index in [1.807, 2.05) is 0 Å². The Labute approximate surface area is 111 Å². The maximum atomic E-state index is 12.9. The fourth-order valence-corrected chi connectivity index (χ4v) is 3.21. The minimum Gasteiger partial charge on any atom is -0.396 e. The van der Waals surface area contributed by atoms with E-state index >= 15 is 0 Å². The van der Waals surface area contributed by atoms with Gasteiger partial charge in [-0.15, -0.1) is 0 Å². The quantitative estimate of drug-likeness (QED) is 0.707. The van der Waals surface area contributed by atoms with Crippen molar-refractivity contribution < 1.29 is 17.9 Å². The van der Waals surface area contributed by atoms with Crippen molar-refractivity contribution in [3.05, 3.63) is 30.1 Å². The highest BCUT2D eigenvalue weighted by molar-refractivity contribution is 7.99. The van der Waals surface area contributed by atoms with Crippen molar-refractivity contribution in [2.45, 2.75) is 11.3 Å². The van der Waals surface area contributed by atoms with E-state index in [9.17, 15) is 12.8 Å². The van der Waals surface area contributed by atoms with Crippen LogP contribution in [0.5, 0.6) is 0 Å². The number of halogens is 1. The highest BCUT2D eigenvalue weighted by Gasteiger charge is 2.13. The molecule has 0 aliphatic heterocycles. The molecule has 0 aliphatic rings. The van der Waals surface area contributed by atoms with E-state index in [4.69, 9.17) is 5.11 Å². The molecule has 0 spiro atoms. The van der Waals surface area contributed by atoms with Gasteiger partial charge in [0.25, 0.3) is 0 Å². The Balaban J connectivity index is 2.41. The van der Waals surface area contributed by atoms with E-state index in [1.54, 1.807) is 11.8 Å². The van der Waals surface area contributed by atoms with Gasteiger partial charge in [-0.3, -0.25) is 0 Å². The Morgan fingerprint density at radius 3 is 2.78 bits per heavy atom. The van der Waals surface area contributed by atoms with Crippen LogP contribution in [0.4, 0.5) is 4.39 Å². The predicted molar refractivity (Wildman–Crippen MR) is 70.6 cm³/mol. The minimum atomic E-state index is -3.63. The van der Waals surface area contributed by atoms with Gasteiger partial charge in [0.05, 0.1) is 4.90 Å². The van der Waals surface area contributed by atoms with Crippen molar-refractivity contribution in [2.75, 3.05) is 24.7 Å². The number of hydrogen-bond acceptors (Lipinski definition) is 4. The molecule has 0 radical (unpaired) electrons. The second-order valence-electron chi connectivity index (χ2n) is 3.54. The molecule has 1 aromatic carbocycles. The van der Waals surface area contributed by atoms with Gasteiger partial charge in [0.15, 0.2) is 0 Å². The van der Waals surface area contributed by atoms with Crippen LogP contribution in [0.25, 0.3) is 0 Å². The summed E-state index contributed by atoms with van der Waals surface area (Å²) < 4.78 is 38.8. The zero-order valence-electron chi connectivity index (χ0n) is 9.80. The molecule has 0 heterocycles. The molecule has 0 saturated carbocycles. The molecule has 18 heavy (non-hydrogen) atoms. The first kappa shape index (κ1) is 15.4. The zero-order chi connectivity index (χ0) is 13.4. The molecule has 0 atom stereocenters. The third-order valence-electron chi connectivity index (χ3n) is 2.09. The molecule has 0 aliphatic carbocycles. The van der Waals surface area contributed by atoms with Crippen LogP contribution in [0.2, 0.25) is 0 Å². The van der Waals surface area contributed by atoms with Crippen LogP contribution in [-0.4, -0.2) is 38.2 Å². The first-order valence-electron chi connectivity index (χ1n) is 5.50. The van der Waals surface area contributed by atoms with Gasteiger partial charge in [-0.1, -0.05) is 6.07 Å². The van der Waals surface area contributed by atoms with Crippen LogP contribution in [-0.2, 0) is 10.0 Å². The van der Waals surface area contributed by atoms with E-state index < -0.39 is 15.8 Å². The minimum absolute atomic E-state index is 0.0668. The van der Waals surface area contributed by atoms with E-state index in [-0.39, 0.29) is 18.0 Å². The first-order chi connectivity index (χ1) is 8.56. The summed E-state index contributed by atoms with van der Waals surface area (Å²) in [7, 11) is -3.63. The summed E-state index contributed by atoms with van der Waals surface area (Å²) in [6.07, 6.45) is 0.696. The standard InChI is InChI=1S/C11H16FNO3S2/c12-10-3-1-4-11(9-10)18(15,16)13-5-8-17-7-2-6-14/h1,3-4,9,13-14H,2,5-8H2. The van der Waals surface area contributed by atoms with Crippen molar-refractivity contribution in [1.82, 2.24) is 4.72 Å². The van der Waals surface area contributed by atoms with Gasteiger partial charge in [0.1, 0.15) is 5.82 Å². The summed E-state index contributed by atoms with van der Waals surface area (Å²) in [6.45, 7) is 0.428. The molecule has 0 amide bonds. The molecule has 7 heteroatoms. The fourth-order valence-electron chi connectivity index (χ4n) is 1.23. The summed E-state index contributed by atoms with van der Waals surface area (Å²) >= 11 is 1.56. The summed E-state index contributed by atoms with van der Waals surface area (Å²) in [5.41, 5.74) is 0. The number of aliphatic hydroxyl groups is 1. The van der Waals surface area contributed by atoms with Crippen LogP contribution in [0.3, 0.4) is 0 Å². The van der Waals surface area contributed by atoms with Crippen LogP contribution in [0, 0.1) is 5.82 Å². The lowest BCUT2D eigenvalue weighted by molar-refractivity contribution is 0.296. The Kier molecular flexibility index (Phi) is 6.62. The second kappa shape index (κ2) is 7.73. The number of rotatable bonds is 8. The molecule has 0 aromatic heterocycles. The van der Waals surface area contributed by atoms with E-state index in [0.717, 1.165) is 11.8 Å². The van der Waals surface area contributed by atoms with Crippen molar-refractivity contribution in [2.24, 2.45) is 0 Å². The Hall–Kier alpha value is -0.630. The van der Waals surface area contributed by atoms with Crippen molar-refractivity contribution in [3.8, 4) is 0 Å². The number of thioether (sulfide) groups is 1. The van der Waals surface area contributed by atoms with Gasteiger partial charge in [0, 0.05) is 18.9 Å². The van der Waals surface area contributed by atoms with Crippen LogP contribution < -0.4 is 4.72 Å². The number of nitrogens with one attached hydrogen (secondary N) is 1. The highest BCUT2D eigenvalue weighted by atomic mass is 32.2. The third kappa shape index (κ3) is 5.34. The largest absolute Gasteiger partial charge is 0.396 e. The fraction of sp³-hybridized carbons (Fsp3) is 0.455. The van der Waals surface area contributed by atoms with E-state index in [2.05, 4.69) is 4.72 Å². The van der Waals surface area contributed by atoms with E-state index in [0.29, 0.717) is 12.2 Å². The molecule has 4 nitrogen and oxygen atoms in total. The van der Waals surface area contributed by atoms with E-state index in [1.165, 1.54) is 18.2 Å². The summed E-state index contributed by atoms with van der Waals surface area (Å²) in [6, 6.07) is 4.90. The highest BCUT2D eigenvalue weighted by Crippen LogP contribution is 2.10. The summed E-state index contributed by atoms with van der Waals surface area (Å²) in [4.78, 5) is -0.0668. The Bertz CT molecular complexity index is 465. The smallest absolute Gasteiger partial charge is 0.240 e.